The van der Waals surface area contributed by atoms with E-state index in [4.69, 9.17) is 0 Å². The number of fused-ring (bicyclic) bond motifs is 6. The van der Waals surface area contributed by atoms with Crippen molar-refractivity contribution < 1.29 is 39.4 Å². The van der Waals surface area contributed by atoms with Gasteiger partial charge in [0.05, 0.1) is 0 Å². The van der Waals surface area contributed by atoms with Crippen LogP contribution in [0.4, 0.5) is 8.78 Å². The quantitative estimate of drug-likeness (QED) is 0.0787. The third-order valence-corrected chi connectivity index (χ3v) is 13.7. The smallest absolute Gasteiger partial charge is 0.178 e. The van der Waals surface area contributed by atoms with Crippen LogP contribution >= 0.6 is 22.6 Å². The van der Waals surface area contributed by atoms with Crippen LogP contribution in [0.1, 0.15) is 50.1 Å². The van der Waals surface area contributed by atoms with Crippen LogP contribution in [-0.4, -0.2) is 60.5 Å². The molecule has 0 aliphatic carbocycles. The second-order valence-electron chi connectivity index (χ2n) is 18.5. The van der Waals surface area contributed by atoms with Crippen LogP contribution in [0, 0.1) is 77.5 Å². The van der Waals surface area contributed by atoms with Crippen molar-refractivity contribution in [2.24, 2.45) is 0 Å². The van der Waals surface area contributed by atoms with E-state index in [2.05, 4.69) is 52.5 Å². The maximum absolute atomic E-state index is 13.3. The normalized spacial score (nSPS) is 10.6. The number of hydrogen-bond acceptors (Lipinski definition) is 12. The number of nitrogens with zero attached hydrogens (tertiary/aromatic N) is 6. The van der Waals surface area contributed by atoms with Crippen molar-refractivity contribution in [2.45, 2.75) is 62.3 Å². The van der Waals surface area contributed by atoms with Crippen molar-refractivity contribution in [2.75, 3.05) is 0 Å². The fraction of sp³-hybridized carbons (Fsp3) is 0.143. The molecule has 15 heteroatoms. The van der Waals surface area contributed by atoms with Crippen LogP contribution in [0.5, 0.6) is 34.5 Å². The zero-order valence-corrected chi connectivity index (χ0v) is 46.5. The molecular formula is C63H57F2IN6O6. The zero-order chi connectivity index (χ0) is 56.5. The molecule has 12 aromatic rings. The van der Waals surface area contributed by atoms with Gasteiger partial charge in [-0.1, -0.05) is 48.5 Å². The molecule has 78 heavy (non-hydrogen) atoms. The van der Waals surface area contributed by atoms with Crippen LogP contribution < -0.4 is 0 Å². The second kappa shape index (κ2) is 24.9. The highest BCUT2D eigenvalue weighted by molar-refractivity contribution is 14.1. The molecule has 0 aliphatic rings. The lowest BCUT2D eigenvalue weighted by Gasteiger charge is -2.05. The van der Waals surface area contributed by atoms with Gasteiger partial charge < -0.3 is 30.6 Å². The van der Waals surface area contributed by atoms with E-state index in [-0.39, 0.29) is 23.1 Å². The molecule has 6 aromatic carbocycles. The average molecular weight is 1150 g/mol. The van der Waals surface area contributed by atoms with Crippen molar-refractivity contribution in [1.82, 2.24) is 29.9 Å². The Morgan fingerprint density at radius 1 is 0.282 bits per heavy atom. The summed E-state index contributed by atoms with van der Waals surface area (Å²) in [6.45, 7) is 17.0. The van der Waals surface area contributed by atoms with E-state index in [0.29, 0.717) is 61.3 Å². The van der Waals surface area contributed by atoms with Gasteiger partial charge in [0.1, 0.15) is 67.7 Å². The van der Waals surface area contributed by atoms with E-state index in [1.54, 1.807) is 62.9 Å². The fourth-order valence-corrected chi connectivity index (χ4v) is 9.59. The van der Waals surface area contributed by atoms with Gasteiger partial charge in [-0.3, -0.25) is 29.9 Å². The average Bonchev–Trinajstić information content (AvgIpc) is 3.48. The topological polar surface area (TPSA) is 199 Å². The number of benzene rings is 6. The highest BCUT2D eigenvalue weighted by Gasteiger charge is 2.12. The number of halogens is 3. The molecule has 0 radical (unpaired) electrons. The van der Waals surface area contributed by atoms with Crippen LogP contribution in [0.2, 0.25) is 0 Å². The van der Waals surface area contributed by atoms with E-state index < -0.39 is 5.82 Å². The van der Waals surface area contributed by atoms with Gasteiger partial charge in [-0.05, 0) is 196 Å². The minimum atomic E-state index is -0.622. The number of hydrogen-bond donors (Lipinski definition) is 6. The molecule has 0 saturated heterocycles. The largest absolute Gasteiger partial charge is 0.505 e. The Bertz CT molecular complexity index is 3490. The van der Waals surface area contributed by atoms with Gasteiger partial charge in [0.2, 0.25) is 0 Å². The summed E-state index contributed by atoms with van der Waals surface area (Å²) in [6, 6.07) is 32.7. The molecule has 0 saturated carbocycles. The Morgan fingerprint density at radius 2 is 0.513 bits per heavy atom. The van der Waals surface area contributed by atoms with Crippen LogP contribution in [0.3, 0.4) is 0 Å². The fourth-order valence-electron chi connectivity index (χ4n) is 8.69. The van der Waals surface area contributed by atoms with E-state index in [1.165, 1.54) is 24.5 Å². The van der Waals surface area contributed by atoms with Gasteiger partial charge in [0.25, 0.3) is 0 Å². The Hall–Kier alpha value is -8.83. The Morgan fingerprint density at radius 3 is 0.859 bits per heavy atom. The predicted octanol–water partition coefficient (Wildman–Crippen LogP) is 15.3. The molecule has 0 spiro atoms. The first-order valence-electron chi connectivity index (χ1n) is 24.5. The van der Waals surface area contributed by atoms with Crippen molar-refractivity contribution >= 4 is 88.0 Å². The van der Waals surface area contributed by atoms with Crippen LogP contribution in [0.25, 0.3) is 65.4 Å². The van der Waals surface area contributed by atoms with Crippen molar-refractivity contribution in [3.05, 3.63) is 212 Å². The Balaban J connectivity index is 0.000000136. The van der Waals surface area contributed by atoms with Crippen molar-refractivity contribution in [3.63, 3.8) is 0 Å². The molecule has 0 fully saturated rings. The summed E-state index contributed by atoms with van der Waals surface area (Å²) in [6.07, 6.45) is 9.84. The van der Waals surface area contributed by atoms with Gasteiger partial charge in [-0.25, -0.2) is 8.78 Å². The van der Waals surface area contributed by atoms with Gasteiger partial charge in [0.15, 0.2) is 11.6 Å². The lowest BCUT2D eigenvalue weighted by molar-refractivity contribution is 0.437. The van der Waals surface area contributed by atoms with Crippen LogP contribution in [0.15, 0.2) is 146 Å². The molecule has 0 unspecified atom stereocenters. The number of aromatic hydroxyl groups is 6. The summed E-state index contributed by atoms with van der Waals surface area (Å²) in [5.74, 6) is -0.125. The first-order valence-corrected chi connectivity index (χ1v) is 25.6. The monoisotopic (exact) mass is 1150 g/mol. The number of phenols is 6. The minimum absolute atomic E-state index is 0.0528. The first kappa shape index (κ1) is 56.9. The number of rotatable bonds is 0. The molecule has 0 aliphatic heterocycles. The van der Waals surface area contributed by atoms with Crippen molar-refractivity contribution in [3.8, 4) is 34.5 Å². The van der Waals surface area contributed by atoms with Gasteiger partial charge >= 0.3 is 0 Å². The molecule has 12 nitrogen and oxygen atoms in total. The lowest BCUT2D eigenvalue weighted by atomic mass is 10.1. The molecule has 12 rings (SSSR count). The highest BCUT2D eigenvalue weighted by Crippen LogP contribution is 2.34. The van der Waals surface area contributed by atoms with Crippen molar-refractivity contribution in [1.29, 1.82) is 0 Å². The van der Waals surface area contributed by atoms with Crippen LogP contribution in [-0.2, 0) is 0 Å². The maximum atomic E-state index is 13.3. The maximum Gasteiger partial charge on any atom is 0.178 e. The summed E-state index contributed by atoms with van der Waals surface area (Å²) in [5, 5.41) is 63.0. The Kier molecular flexibility index (Phi) is 18.2. The molecule has 0 amide bonds. The Labute approximate surface area is 463 Å². The molecule has 0 atom stereocenters. The first-order chi connectivity index (χ1) is 37.2. The predicted molar refractivity (Wildman–Crippen MR) is 316 cm³/mol. The summed E-state index contributed by atoms with van der Waals surface area (Å²) in [5.41, 5.74) is 11.6. The van der Waals surface area contributed by atoms with Gasteiger partial charge in [-0.15, -0.1) is 0 Å². The molecule has 6 N–H and O–H groups in total. The summed E-state index contributed by atoms with van der Waals surface area (Å²) in [7, 11) is 0. The third kappa shape index (κ3) is 12.5. The molecule has 6 aromatic heterocycles. The van der Waals surface area contributed by atoms with Gasteiger partial charge in [0, 0.05) is 73.1 Å². The lowest BCUT2D eigenvalue weighted by Crippen LogP contribution is -1.86. The van der Waals surface area contributed by atoms with Gasteiger partial charge in [-0.2, -0.15) is 0 Å². The SMILES string of the molecule is Cc1cc(C)c2cccnc2c1O.Cc1cc(C)c2cccnc2c1O.Cc1cc(C)c2cccnc2c1O.Cc1cc([123I])c2cccnc2c1O.Cc1cc([18F])c(O)c2ncccc12.Cc1cc([18F])c2cccnc2c1O. The van der Waals surface area contributed by atoms with E-state index in [1.807, 2.05) is 121 Å². The summed E-state index contributed by atoms with van der Waals surface area (Å²) < 4.78 is 27.4. The standard InChI is InChI=1S/3C11H11NO.2C10H8FNO.C10H8INO/c3*1-7-6-8(2)11(13)10-9(7)4-3-5-12-10;1-6-5-8(11)7-3-2-4-12-9(7)10(6)13;1-6-5-8(11)10(13)9-7(6)3-2-4-12-9;1-6-5-8(11)7-3-2-4-12-9(7)10(6)13/h3*3-6,13H,1-2H3;3*2-5,13H,1H3/i;;;2*11-1;11-4. The number of aromatic nitrogens is 6. The zero-order valence-electron chi connectivity index (χ0n) is 44.4. The minimum Gasteiger partial charge on any atom is -0.505 e. The van der Waals surface area contributed by atoms with E-state index in [0.717, 1.165) is 75.0 Å². The summed E-state index contributed by atoms with van der Waals surface area (Å²) in [4.78, 5) is 24.4. The molecule has 396 valence electrons. The molecule has 6 heterocycles. The summed E-state index contributed by atoms with van der Waals surface area (Å²) >= 11 is 2.25. The highest BCUT2D eigenvalue weighted by atomic mass is 123. The van der Waals surface area contributed by atoms with E-state index >= 15 is 0 Å². The molecular weight excluding hydrogens is 1100 g/mol. The second-order valence-corrected chi connectivity index (χ2v) is 19.7. The number of phenolic OH excluding ortho intramolecular Hbond substituents is 6. The third-order valence-electron chi connectivity index (χ3n) is 12.8. The number of aryl methyl sites for hydroxylation is 9. The van der Waals surface area contributed by atoms with E-state index in [9.17, 15) is 39.4 Å². The molecule has 0 bridgehead atoms. The number of pyridine rings is 6.